The first-order valence-electron chi connectivity index (χ1n) is 6.46. The van der Waals surface area contributed by atoms with Crippen LogP contribution < -0.4 is 9.46 Å². The van der Waals surface area contributed by atoms with Crippen molar-refractivity contribution in [2.24, 2.45) is 0 Å². The molecule has 1 heterocycles. The lowest BCUT2D eigenvalue weighted by molar-refractivity contribution is 0.410. The molecule has 0 bridgehead atoms. The molecule has 0 saturated heterocycles. The summed E-state index contributed by atoms with van der Waals surface area (Å²) in [7, 11) is -1.83. The van der Waals surface area contributed by atoms with E-state index in [1.54, 1.807) is 38.4 Å². The Morgan fingerprint density at radius 2 is 2.00 bits per heavy atom. The van der Waals surface area contributed by atoms with Crippen LogP contribution in [-0.2, 0) is 14.6 Å². The van der Waals surface area contributed by atoms with Gasteiger partial charge in [-0.3, -0.25) is 4.98 Å². The quantitative estimate of drug-likeness (QED) is 0.850. The molecular weight excluding hydrogens is 288 g/mol. The molecule has 0 fully saturated rings. The molecule has 21 heavy (non-hydrogen) atoms. The molecule has 1 aromatic carbocycles. The monoisotopic (exact) mass is 307 g/mol. The molecule has 1 aromatic heterocycles. The fraction of sp³-hybridized carbons (Fsp3) is 0.267. The second-order valence-corrected chi connectivity index (χ2v) is 6.51. The highest BCUT2D eigenvalue weighted by molar-refractivity contribution is 7.99. The molecule has 112 valence electrons. The van der Waals surface area contributed by atoms with Gasteiger partial charge < -0.3 is 4.74 Å². The number of ether oxygens (including phenoxy) is 1. The first-order valence-corrected chi connectivity index (χ1v) is 7.97. The summed E-state index contributed by atoms with van der Waals surface area (Å²) in [6, 6.07) is 5.18. The van der Waals surface area contributed by atoms with Crippen LogP contribution in [0.25, 0.3) is 0 Å². The molecule has 0 spiro atoms. The summed E-state index contributed by atoms with van der Waals surface area (Å²) in [5, 5.41) is 0. The van der Waals surface area contributed by atoms with Crippen LogP contribution >= 0.6 is 0 Å². The number of nitrogens with one attached hydrogen (secondary N) is 1. The summed E-state index contributed by atoms with van der Waals surface area (Å²) in [5.41, 5.74) is 2.81. The third-order valence-electron chi connectivity index (χ3n) is 3.39. The van der Waals surface area contributed by atoms with Crippen molar-refractivity contribution in [1.29, 1.82) is 0 Å². The first kappa shape index (κ1) is 15.5. The molecule has 0 aliphatic heterocycles. The standard InChI is InChI=1S/C15H18N2O3S/c1-10-8-14(20-4)11(2)12(3)15(10)21(18,19)17-13-6-5-7-16-9-13/h5-9H,1-4H3,(H-,17,18,19)/p+1. The van der Waals surface area contributed by atoms with Crippen molar-refractivity contribution in [3.05, 3.63) is 47.3 Å². The summed E-state index contributed by atoms with van der Waals surface area (Å²) < 4.78 is 31.1. The normalized spacial score (nSPS) is 13.6. The van der Waals surface area contributed by atoms with Crippen LogP contribution in [0.1, 0.15) is 16.7 Å². The lowest BCUT2D eigenvalue weighted by Crippen LogP contribution is -2.23. The number of aryl methyl sites for hydroxylation is 1. The second-order valence-electron chi connectivity index (χ2n) is 4.84. The number of hydrogen-bond acceptors (Lipinski definition) is 3. The fourth-order valence-corrected chi connectivity index (χ4v) is 3.90. The van der Waals surface area contributed by atoms with Crippen LogP contribution in [0.3, 0.4) is 0 Å². The Balaban J connectivity index is 2.50. The van der Waals surface area contributed by atoms with E-state index in [0.717, 1.165) is 11.1 Å². The Hall–Kier alpha value is -1.92. The molecular formula is C15H19N2O3S+. The van der Waals surface area contributed by atoms with E-state index < -0.39 is 10.4 Å². The minimum absolute atomic E-state index is 0.393. The highest BCUT2D eigenvalue weighted by Gasteiger charge is 2.35. The lowest BCUT2D eigenvalue weighted by Gasteiger charge is -2.15. The highest BCUT2D eigenvalue weighted by Crippen LogP contribution is 2.33. The predicted octanol–water partition coefficient (Wildman–Crippen LogP) is 3.37. The van der Waals surface area contributed by atoms with Gasteiger partial charge in [0, 0.05) is 17.3 Å². The van der Waals surface area contributed by atoms with Crippen LogP contribution in [0.2, 0.25) is 0 Å². The van der Waals surface area contributed by atoms with Gasteiger partial charge in [0.1, 0.15) is 11.4 Å². The van der Waals surface area contributed by atoms with Crippen molar-refractivity contribution in [3.63, 3.8) is 0 Å². The maximum Gasteiger partial charge on any atom is 0.346 e. The molecule has 6 heteroatoms. The number of hydrogen-bond donors (Lipinski definition) is 2. The average Bonchev–Trinajstić information content (AvgIpc) is 2.43. The number of pyridine rings is 1. The molecule has 0 aliphatic rings. The van der Waals surface area contributed by atoms with Crippen molar-refractivity contribution >= 4 is 16.1 Å². The Morgan fingerprint density at radius 3 is 2.57 bits per heavy atom. The summed E-state index contributed by atoms with van der Waals surface area (Å²) in [6.07, 6.45) is 3.12. The topological polar surface area (TPSA) is 71.5 Å². The van der Waals surface area contributed by atoms with Gasteiger partial charge in [0.05, 0.1) is 13.3 Å². The zero-order valence-corrected chi connectivity index (χ0v) is 13.3. The summed E-state index contributed by atoms with van der Waals surface area (Å²) in [4.78, 5) is 4.33. The van der Waals surface area contributed by atoms with Crippen molar-refractivity contribution < 1.29 is 13.5 Å². The summed E-state index contributed by atoms with van der Waals surface area (Å²) in [6.45, 7) is 5.49. The van der Waals surface area contributed by atoms with Crippen LogP contribution in [-0.4, -0.2) is 16.6 Å². The molecule has 1 unspecified atom stereocenters. The van der Waals surface area contributed by atoms with Gasteiger partial charge in [-0.05, 0) is 48.7 Å². The molecule has 0 aliphatic carbocycles. The molecule has 2 N–H and O–H groups in total. The van der Waals surface area contributed by atoms with Gasteiger partial charge in [0.15, 0.2) is 0 Å². The average molecular weight is 307 g/mol. The van der Waals surface area contributed by atoms with E-state index in [1.807, 2.05) is 13.8 Å². The van der Waals surface area contributed by atoms with E-state index in [-0.39, 0.29) is 0 Å². The van der Waals surface area contributed by atoms with Crippen LogP contribution in [0.5, 0.6) is 5.75 Å². The predicted molar refractivity (Wildman–Crippen MR) is 84.0 cm³/mol. The Kier molecular flexibility index (Phi) is 4.29. The Bertz CT molecular complexity index is 702. The molecule has 0 saturated carbocycles. The van der Waals surface area contributed by atoms with Crippen molar-refractivity contribution in [1.82, 2.24) is 4.98 Å². The highest BCUT2D eigenvalue weighted by atomic mass is 32.3. The van der Waals surface area contributed by atoms with Gasteiger partial charge in [0.2, 0.25) is 4.90 Å². The summed E-state index contributed by atoms with van der Waals surface area (Å²) in [5.74, 6) is 0.713. The number of benzene rings is 1. The Morgan fingerprint density at radius 1 is 1.29 bits per heavy atom. The zero-order valence-electron chi connectivity index (χ0n) is 12.5. The van der Waals surface area contributed by atoms with Crippen LogP contribution in [0, 0.1) is 20.8 Å². The van der Waals surface area contributed by atoms with E-state index in [2.05, 4.69) is 9.71 Å². The van der Waals surface area contributed by atoms with E-state index in [4.69, 9.17) is 4.74 Å². The minimum Gasteiger partial charge on any atom is -0.496 e. The number of methoxy groups -OCH3 is 1. The lowest BCUT2D eigenvalue weighted by atomic mass is 10.1. The number of aromatic nitrogens is 1. The van der Waals surface area contributed by atoms with E-state index in [1.165, 1.54) is 6.20 Å². The van der Waals surface area contributed by atoms with Crippen LogP contribution in [0.15, 0.2) is 35.5 Å². The van der Waals surface area contributed by atoms with Crippen LogP contribution in [0.4, 0.5) is 5.69 Å². The van der Waals surface area contributed by atoms with E-state index in [0.29, 0.717) is 21.9 Å². The number of nitrogens with zero attached hydrogens (tertiary/aromatic N) is 1. The van der Waals surface area contributed by atoms with Gasteiger partial charge in [-0.2, -0.15) is 9.27 Å². The van der Waals surface area contributed by atoms with Crippen molar-refractivity contribution in [3.8, 4) is 5.75 Å². The number of rotatable bonds is 4. The van der Waals surface area contributed by atoms with Gasteiger partial charge >= 0.3 is 10.4 Å². The Labute approximate surface area is 125 Å². The van der Waals surface area contributed by atoms with Gasteiger partial charge in [-0.25, -0.2) is 0 Å². The number of anilines is 1. The first-order chi connectivity index (χ1) is 9.86. The van der Waals surface area contributed by atoms with E-state index in [9.17, 15) is 8.76 Å². The maximum atomic E-state index is 12.7. The maximum absolute atomic E-state index is 12.7. The van der Waals surface area contributed by atoms with Crippen molar-refractivity contribution in [2.45, 2.75) is 25.7 Å². The third-order valence-corrected chi connectivity index (χ3v) is 5.09. The molecule has 5 nitrogen and oxygen atoms in total. The SMILES string of the molecule is COc1cc(C)c([S+](=O)(O)Nc2cccnc2)c(C)c1C. The molecule has 1 atom stereocenters. The van der Waals surface area contributed by atoms with Crippen molar-refractivity contribution in [2.75, 3.05) is 11.8 Å². The van der Waals surface area contributed by atoms with Gasteiger partial charge in [-0.1, -0.05) is 0 Å². The molecule has 0 radical (unpaired) electrons. The third kappa shape index (κ3) is 3.06. The summed E-state index contributed by atoms with van der Waals surface area (Å²) >= 11 is 0. The smallest absolute Gasteiger partial charge is 0.346 e. The largest absolute Gasteiger partial charge is 0.496 e. The second kappa shape index (κ2) is 5.83. The fourth-order valence-electron chi connectivity index (χ4n) is 2.29. The van der Waals surface area contributed by atoms with Gasteiger partial charge in [-0.15, -0.1) is 0 Å². The molecule has 2 rings (SSSR count). The minimum atomic E-state index is -3.42. The van der Waals surface area contributed by atoms with E-state index >= 15 is 0 Å². The molecule has 2 aromatic rings. The molecule has 0 amide bonds. The zero-order chi connectivity index (χ0) is 15.6. The van der Waals surface area contributed by atoms with Gasteiger partial charge in [0.25, 0.3) is 0 Å².